The standard InChI is InChI=1S/C20H15Cl3N2O2S2/c21-13-7-8-16(15(23)11-13)24-18(26)6-3-9-25-19(27)17(29-20(25)28)10-12-4-1-2-5-14(12)22/h1-2,4-5,7-8,10-11H,3,6,9H2,(H,24,26)/b17-10+. The molecule has 0 bridgehead atoms. The zero-order valence-electron chi connectivity index (χ0n) is 15.0. The Morgan fingerprint density at radius 2 is 1.90 bits per heavy atom. The van der Waals surface area contributed by atoms with Crippen LogP contribution in [-0.2, 0) is 9.59 Å². The van der Waals surface area contributed by atoms with Crippen LogP contribution >= 0.6 is 58.8 Å². The number of rotatable bonds is 6. The number of thiocarbonyl (C=S) groups is 1. The average Bonchev–Trinajstić information content (AvgIpc) is 2.93. The highest BCUT2D eigenvalue weighted by molar-refractivity contribution is 8.26. The van der Waals surface area contributed by atoms with Crippen LogP contribution in [0.15, 0.2) is 47.4 Å². The molecule has 3 rings (SSSR count). The second-order valence-corrected chi connectivity index (χ2v) is 9.06. The van der Waals surface area contributed by atoms with Gasteiger partial charge in [0.2, 0.25) is 5.91 Å². The highest BCUT2D eigenvalue weighted by Gasteiger charge is 2.31. The molecule has 9 heteroatoms. The maximum absolute atomic E-state index is 12.7. The number of amides is 2. The lowest BCUT2D eigenvalue weighted by molar-refractivity contribution is -0.122. The van der Waals surface area contributed by atoms with E-state index < -0.39 is 0 Å². The number of thioether (sulfide) groups is 1. The van der Waals surface area contributed by atoms with Crippen LogP contribution in [0.4, 0.5) is 5.69 Å². The van der Waals surface area contributed by atoms with Crippen molar-refractivity contribution in [3.8, 4) is 0 Å². The minimum atomic E-state index is -0.203. The number of hydrogen-bond acceptors (Lipinski definition) is 4. The molecule has 0 aromatic heterocycles. The fourth-order valence-corrected chi connectivity index (χ4v) is 4.57. The Morgan fingerprint density at radius 1 is 1.14 bits per heavy atom. The van der Waals surface area contributed by atoms with Crippen molar-refractivity contribution < 1.29 is 9.59 Å². The average molecular weight is 486 g/mol. The maximum atomic E-state index is 12.7. The molecule has 1 aliphatic heterocycles. The number of hydrogen-bond donors (Lipinski definition) is 1. The van der Waals surface area contributed by atoms with Crippen LogP contribution in [0.3, 0.4) is 0 Å². The van der Waals surface area contributed by atoms with E-state index in [-0.39, 0.29) is 18.2 Å². The van der Waals surface area contributed by atoms with Crippen molar-refractivity contribution in [3.05, 3.63) is 68.0 Å². The number of carbonyl (C=O) groups is 2. The van der Waals surface area contributed by atoms with Gasteiger partial charge in [-0.25, -0.2) is 0 Å². The van der Waals surface area contributed by atoms with Gasteiger partial charge in [-0.1, -0.05) is 77.0 Å². The first kappa shape index (κ1) is 22.1. The van der Waals surface area contributed by atoms with Gasteiger partial charge in [-0.3, -0.25) is 14.5 Å². The zero-order valence-corrected chi connectivity index (χ0v) is 18.9. The van der Waals surface area contributed by atoms with E-state index in [2.05, 4.69) is 5.32 Å². The summed E-state index contributed by atoms with van der Waals surface area (Å²) < 4.78 is 0.467. The minimum absolute atomic E-state index is 0.180. The fraction of sp³-hybridized carbons (Fsp3) is 0.150. The largest absolute Gasteiger partial charge is 0.325 e. The van der Waals surface area contributed by atoms with Gasteiger partial charge in [0.05, 0.1) is 15.6 Å². The number of benzene rings is 2. The van der Waals surface area contributed by atoms with Crippen molar-refractivity contribution in [2.24, 2.45) is 0 Å². The molecule has 1 aliphatic rings. The second kappa shape index (κ2) is 9.96. The minimum Gasteiger partial charge on any atom is -0.325 e. The lowest BCUT2D eigenvalue weighted by Gasteiger charge is -2.14. The first-order valence-electron chi connectivity index (χ1n) is 8.60. The van der Waals surface area contributed by atoms with E-state index in [1.165, 1.54) is 16.7 Å². The first-order valence-corrected chi connectivity index (χ1v) is 11.0. The molecule has 2 amide bonds. The Hall–Kier alpha value is -1.57. The van der Waals surface area contributed by atoms with Crippen LogP contribution in [0.5, 0.6) is 0 Å². The fourth-order valence-electron chi connectivity index (χ4n) is 2.63. The van der Waals surface area contributed by atoms with Crippen molar-refractivity contribution in [1.29, 1.82) is 0 Å². The molecule has 1 heterocycles. The topological polar surface area (TPSA) is 49.4 Å². The van der Waals surface area contributed by atoms with Crippen LogP contribution in [0.1, 0.15) is 18.4 Å². The number of carbonyl (C=O) groups excluding carboxylic acids is 2. The van der Waals surface area contributed by atoms with Gasteiger partial charge in [-0.2, -0.15) is 0 Å². The van der Waals surface area contributed by atoms with Crippen molar-refractivity contribution >= 4 is 86.7 Å². The van der Waals surface area contributed by atoms with Gasteiger partial charge >= 0.3 is 0 Å². The Kier molecular flexibility index (Phi) is 7.60. The second-order valence-electron chi connectivity index (χ2n) is 6.13. The van der Waals surface area contributed by atoms with E-state index in [9.17, 15) is 9.59 Å². The molecule has 0 radical (unpaired) electrons. The van der Waals surface area contributed by atoms with Gasteiger partial charge in [-0.05, 0) is 42.3 Å². The highest BCUT2D eigenvalue weighted by Crippen LogP contribution is 2.34. The summed E-state index contributed by atoms with van der Waals surface area (Å²) in [7, 11) is 0. The van der Waals surface area contributed by atoms with Crippen LogP contribution in [0.2, 0.25) is 15.1 Å². The van der Waals surface area contributed by atoms with Crippen molar-refractivity contribution in [3.63, 3.8) is 0 Å². The SMILES string of the molecule is O=C(CCCN1C(=O)/C(=C\c2ccccc2Cl)SC1=S)Nc1ccc(Cl)cc1Cl. The summed E-state index contributed by atoms with van der Waals surface area (Å²) in [5, 5.41) is 4.16. The maximum Gasteiger partial charge on any atom is 0.266 e. The molecule has 0 aliphatic carbocycles. The molecule has 0 unspecified atom stereocenters. The number of anilines is 1. The molecule has 1 fully saturated rings. The number of nitrogens with one attached hydrogen (secondary N) is 1. The number of nitrogens with zero attached hydrogens (tertiary/aromatic N) is 1. The lowest BCUT2D eigenvalue weighted by Crippen LogP contribution is -2.29. The number of halogens is 3. The Morgan fingerprint density at radius 3 is 2.62 bits per heavy atom. The molecule has 4 nitrogen and oxygen atoms in total. The third-order valence-corrected chi connectivity index (χ3v) is 6.33. The molecular formula is C20H15Cl3N2O2S2. The third kappa shape index (κ3) is 5.74. The van der Waals surface area contributed by atoms with E-state index in [1.54, 1.807) is 30.3 Å². The summed E-state index contributed by atoms with van der Waals surface area (Å²) in [6.07, 6.45) is 2.42. The van der Waals surface area contributed by atoms with Crippen LogP contribution in [-0.4, -0.2) is 27.6 Å². The molecular weight excluding hydrogens is 471 g/mol. The summed E-state index contributed by atoms with van der Waals surface area (Å²) in [4.78, 5) is 26.8. The van der Waals surface area contributed by atoms with Crippen LogP contribution < -0.4 is 5.32 Å². The summed E-state index contributed by atoms with van der Waals surface area (Å²) in [6.45, 7) is 0.353. The highest BCUT2D eigenvalue weighted by atomic mass is 35.5. The van der Waals surface area contributed by atoms with Gasteiger partial charge < -0.3 is 5.32 Å². The monoisotopic (exact) mass is 484 g/mol. The predicted octanol–water partition coefficient (Wildman–Crippen LogP) is 6.27. The van der Waals surface area contributed by atoms with Gasteiger partial charge in [0.25, 0.3) is 5.91 Å². The molecule has 150 valence electrons. The third-order valence-electron chi connectivity index (χ3n) is 4.06. The van der Waals surface area contributed by atoms with Crippen LogP contribution in [0.25, 0.3) is 6.08 Å². The summed E-state index contributed by atoms with van der Waals surface area (Å²) in [6, 6.07) is 12.1. The van der Waals surface area contributed by atoms with E-state index in [4.69, 9.17) is 47.0 Å². The Labute approximate surface area is 193 Å². The Balaban J connectivity index is 1.55. The van der Waals surface area contributed by atoms with E-state index in [0.29, 0.717) is 42.9 Å². The van der Waals surface area contributed by atoms with Gasteiger partial charge in [0, 0.05) is 23.0 Å². The molecule has 1 saturated heterocycles. The Bertz CT molecular complexity index is 1010. The quantitative estimate of drug-likeness (QED) is 0.387. The molecule has 29 heavy (non-hydrogen) atoms. The van der Waals surface area contributed by atoms with Crippen molar-refractivity contribution in [2.75, 3.05) is 11.9 Å². The van der Waals surface area contributed by atoms with E-state index in [1.807, 2.05) is 18.2 Å². The lowest BCUT2D eigenvalue weighted by atomic mass is 10.2. The van der Waals surface area contributed by atoms with Gasteiger partial charge in [-0.15, -0.1) is 0 Å². The van der Waals surface area contributed by atoms with Crippen molar-refractivity contribution in [2.45, 2.75) is 12.8 Å². The molecule has 0 atom stereocenters. The predicted molar refractivity (Wildman–Crippen MR) is 126 cm³/mol. The van der Waals surface area contributed by atoms with Gasteiger partial charge in [0.15, 0.2) is 0 Å². The zero-order chi connectivity index (χ0) is 21.0. The summed E-state index contributed by atoms with van der Waals surface area (Å²) in [5.41, 5.74) is 1.25. The summed E-state index contributed by atoms with van der Waals surface area (Å²) in [5.74, 6) is -0.382. The normalized spacial score (nSPS) is 15.3. The first-order chi connectivity index (χ1) is 13.8. The molecule has 2 aromatic carbocycles. The van der Waals surface area contributed by atoms with Crippen LogP contribution in [0, 0.1) is 0 Å². The van der Waals surface area contributed by atoms with Crippen molar-refractivity contribution in [1.82, 2.24) is 4.90 Å². The smallest absolute Gasteiger partial charge is 0.266 e. The van der Waals surface area contributed by atoms with E-state index >= 15 is 0 Å². The molecule has 2 aromatic rings. The molecule has 1 N–H and O–H groups in total. The molecule has 0 spiro atoms. The van der Waals surface area contributed by atoms with E-state index in [0.717, 1.165) is 5.56 Å². The molecule has 0 saturated carbocycles. The van der Waals surface area contributed by atoms with Gasteiger partial charge in [0.1, 0.15) is 4.32 Å². The summed E-state index contributed by atoms with van der Waals surface area (Å²) >= 11 is 24.6.